The molecule has 32 heavy (non-hydrogen) atoms. The molecule has 174 valence electrons. The predicted molar refractivity (Wildman–Crippen MR) is 129 cm³/mol. The zero-order chi connectivity index (χ0) is 22.7. The number of ketones is 1. The minimum Gasteiger partial charge on any atom is -0.376 e. The van der Waals surface area contributed by atoms with Crippen LogP contribution < -0.4 is 4.90 Å². The van der Waals surface area contributed by atoms with Crippen LogP contribution in [-0.2, 0) is 17.8 Å². The molecule has 2 aliphatic heterocycles. The van der Waals surface area contributed by atoms with Crippen LogP contribution in [0.15, 0.2) is 23.9 Å². The fourth-order valence-corrected chi connectivity index (χ4v) is 5.51. The number of hydrogen-bond acceptors (Lipinski definition) is 6. The molecule has 2 aromatic rings. The molecule has 2 aromatic heterocycles. The molecule has 0 aliphatic carbocycles. The van der Waals surface area contributed by atoms with Crippen LogP contribution in [0.4, 0.5) is 5.95 Å². The average Bonchev–Trinajstić information content (AvgIpc) is 3.50. The van der Waals surface area contributed by atoms with Gasteiger partial charge in [-0.15, -0.1) is 16.8 Å². The first kappa shape index (κ1) is 23.1. The third kappa shape index (κ3) is 4.96. The van der Waals surface area contributed by atoms with Gasteiger partial charge in [0.2, 0.25) is 5.95 Å². The smallest absolute Gasteiger partial charge is 0.228 e. The summed E-state index contributed by atoms with van der Waals surface area (Å²) in [6, 6.07) is 1.99. The monoisotopic (exact) mass is 457 g/mol. The molecule has 0 spiro atoms. The summed E-state index contributed by atoms with van der Waals surface area (Å²) in [6.07, 6.45) is 6.57. The molecule has 0 amide bonds. The topological polar surface area (TPSA) is 65.2 Å². The van der Waals surface area contributed by atoms with Crippen LogP contribution in [0.1, 0.15) is 54.4 Å². The Hall–Kier alpha value is -2.06. The summed E-state index contributed by atoms with van der Waals surface area (Å²) in [5.41, 5.74) is 2.86. The first-order valence-electron chi connectivity index (χ1n) is 11.7. The van der Waals surface area contributed by atoms with Gasteiger partial charge in [0.1, 0.15) is 0 Å². The maximum Gasteiger partial charge on any atom is 0.228 e. The number of thioether (sulfide) groups is 1. The summed E-state index contributed by atoms with van der Waals surface area (Å²) >= 11 is 1.48. The van der Waals surface area contributed by atoms with Crippen molar-refractivity contribution in [3.8, 4) is 0 Å². The highest BCUT2D eigenvalue weighted by atomic mass is 32.2. The lowest BCUT2D eigenvalue weighted by Gasteiger charge is -2.31. The van der Waals surface area contributed by atoms with Crippen molar-refractivity contribution in [2.24, 2.45) is 5.92 Å². The summed E-state index contributed by atoms with van der Waals surface area (Å²) in [7, 11) is 0. The number of nitrogens with zero attached hydrogens (tertiary/aromatic N) is 5. The van der Waals surface area contributed by atoms with Crippen molar-refractivity contribution in [3.05, 3.63) is 35.7 Å². The van der Waals surface area contributed by atoms with E-state index in [1.807, 2.05) is 26.0 Å². The van der Waals surface area contributed by atoms with Crippen LogP contribution in [0.25, 0.3) is 0 Å². The Labute approximate surface area is 195 Å². The largest absolute Gasteiger partial charge is 0.376 e. The molecule has 0 N–H and O–H groups in total. The lowest BCUT2D eigenvalue weighted by atomic mass is 10.00. The van der Waals surface area contributed by atoms with Crippen LogP contribution in [0, 0.1) is 19.8 Å². The number of rotatable bonds is 9. The van der Waals surface area contributed by atoms with Crippen LogP contribution >= 0.6 is 11.8 Å². The van der Waals surface area contributed by atoms with Gasteiger partial charge in [0.15, 0.2) is 10.9 Å². The molecule has 8 heteroatoms. The molecule has 7 nitrogen and oxygen atoms in total. The Morgan fingerprint density at radius 1 is 1.25 bits per heavy atom. The highest BCUT2D eigenvalue weighted by Gasteiger charge is 2.26. The quantitative estimate of drug-likeness (QED) is 0.318. The van der Waals surface area contributed by atoms with Gasteiger partial charge >= 0.3 is 0 Å². The molecular formula is C24H35N5O2S. The van der Waals surface area contributed by atoms with Gasteiger partial charge in [-0.1, -0.05) is 24.8 Å². The summed E-state index contributed by atoms with van der Waals surface area (Å²) < 4.78 is 10.2. The number of aryl methyl sites for hydroxylation is 1. The van der Waals surface area contributed by atoms with Crippen LogP contribution in [0.5, 0.6) is 0 Å². The van der Waals surface area contributed by atoms with Crippen LogP contribution in [-0.4, -0.2) is 56.7 Å². The van der Waals surface area contributed by atoms with E-state index in [2.05, 4.69) is 37.7 Å². The number of anilines is 1. The number of hydrogen-bond donors (Lipinski definition) is 0. The molecular weight excluding hydrogens is 422 g/mol. The van der Waals surface area contributed by atoms with Crippen molar-refractivity contribution in [2.45, 2.75) is 70.8 Å². The molecule has 2 aliphatic rings. The molecule has 0 radical (unpaired) electrons. The predicted octanol–water partition coefficient (Wildman–Crippen LogP) is 4.27. The Morgan fingerprint density at radius 2 is 2.03 bits per heavy atom. The first-order chi connectivity index (χ1) is 15.5. The maximum absolute atomic E-state index is 13.1. The molecule has 0 aromatic carbocycles. The van der Waals surface area contributed by atoms with Gasteiger partial charge in [-0.2, -0.15) is 0 Å². The second-order valence-corrected chi connectivity index (χ2v) is 10.0. The van der Waals surface area contributed by atoms with E-state index >= 15 is 0 Å². The van der Waals surface area contributed by atoms with Gasteiger partial charge < -0.3 is 14.2 Å². The Bertz CT molecular complexity index is 952. The van der Waals surface area contributed by atoms with Crippen molar-refractivity contribution in [2.75, 3.05) is 30.3 Å². The third-order valence-electron chi connectivity index (χ3n) is 6.69. The van der Waals surface area contributed by atoms with Crippen molar-refractivity contribution in [1.82, 2.24) is 19.3 Å². The third-order valence-corrected chi connectivity index (χ3v) is 7.66. The Kier molecular flexibility index (Phi) is 7.40. The van der Waals surface area contributed by atoms with E-state index < -0.39 is 0 Å². The summed E-state index contributed by atoms with van der Waals surface area (Å²) in [6.45, 7) is 14.5. The van der Waals surface area contributed by atoms with E-state index in [1.165, 1.54) is 24.6 Å². The van der Waals surface area contributed by atoms with Gasteiger partial charge in [0, 0.05) is 43.2 Å². The number of piperidine rings is 1. The molecule has 0 bridgehead atoms. The molecule has 2 saturated heterocycles. The Balaban J connectivity index is 1.50. The molecule has 0 saturated carbocycles. The van der Waals surface area contributed by atoms with Crippen LogP contribution in [0.2, 0.25) is 0 Å². The van der Waals surface area contributed by atoms with Crippen LogP contribution in [0.3, 0.4) is 0 Å². The minimum absolute atomic E-state index is 0.124. The summed E-state index contributed by atoms with van der Waals surface area (Å²) in [4.78, 5) is 15.4. The highest BCUT2D eigenvalue weighted by Crippen LogP contribution is 2.29. The SMILES string of the molecule is C=CCn1c(C)cc(C(=O)CSc2nnc(N3CCC(C)CC3)n2CC2CCCO2)c1C. The standard InChI is InChI=1S/C24H35N5O2S/c1-5-10-28-18(3)14-21(19(28)4)22(30)16-32-24-26-25-23(27-11-8-17(2)9-12-27)29(24)15-20-7-6-13-31-20/h5,14,17,20H,1,6-13,15-16H2,2-4H3. The van der Waals surface area contributed by atoms with Gasteiger partial charge in [0.05, 0.1) is 18.4 Å². The van der Waals surface area contributed by atoms with E-state index in [4.69, 9.17) is 4.74 Å². The van der Waals surface area contributed by atoms with Crippen molar-refractivity contribution >= 4 is 23.5 Å². The molecule has 4 rings (SSSR count). The van der Waals surface area contributed by atoms with Gasteiger partial charge in [-0.25, -0.2) is 0 Å². The van der Waals surface area contributed by atoms with Crippen molar-refractivity contribution in [1.29, 1.82) is 0 Å². The molecule has 1 unspecified atom stereocenters. The summed E-state index contributed by atoms with van der Waals surface area (Å²) in [5, 5.41) is 9.86. The van der Waals surface area contributed by atoms with E-state index in [-0.39, 0.29) is 11.9 Å². The summed E-state index contributed by atoms with van der Waals surface area (Å²) in [5.74, 6) is 2.15. The molecule has 2 fully saturated rings. The van der Waals surface area contributed by atoms with E-state index in [0.717, 1.165) is 73.1 Å². The number of Topliss-reactive ketones (excluding diaryl/α,β-unsaturated/α-hetero) is 1. The minimum atomic E-state index is 0.124. The lowest BCUT2D eigenvalue weighted by molar-refractivity contribution is 0.0951. The normalized spacial score (nSPS) is 19.6. The maximum atomic E-state index is 13.1. The van der Waals surface area contributed by atoms with Gasteiger partial charge in [-0.05, 0) is 51.5 Å². The van der Waals surface area contributed by atoms with E-state index in [1.54, 1.807) is 0 Å². The van der Waals surface area contributed by atoms with Gasteiger partial charge in [-0.3, -0.25) is 9.36 Å². The second kappa shape index (κ2) is 10.3. The average molecular weight is 458 g/mol. The first-order valence-corrected chi connectivity index (χ1v) is 12.7. The highest BCUT2D eigenvalue weighted by molar-refractivity contribution is 7.99. The van der Waals surface area contributed by atoms with Crippen molar-refractivity contribution in [3.63, 3.8) is 0 Å². The number of allylic oxidation sites excluding steroid dienone is 1. The fraction of sp³-hybridized carbons (Fsp3) is 0.625. The molecule has 1 atom stereocenters. The number of carbonyl (C=O) groups excluding carboxylic acids is 1. The molecule has 4 heterocycles. The zero-order valence-corrected chi connectivity index (χ0v) is 20.4. The van der Waals surface area contributed by atoms with Crippen molar-refractivity contribution < 1.29 is 9.53 Å². The fourth-order valence-electron chi connectivity index (χ4n) is 4.68. The number of carbonyl (C=O) groups is 1. The lowest BCUT2D eigenvalue weighted by Crippen LogP contribution is -2.35. The zero-order valence-electron chi connectivity index (χ0n) is 19.5. The van der Waals surface area contributed by atoms with E-state index in [0.29, 0.717) is 12.3 Å². The second-order valence-electron chi connectivity index (χ2n) is 9.09. The Morgan fingerprint density at radius 3 is 2.72 bits per heavy atom. The van der Waals surface area contributed by atoms with E-state index in [9.17, 15) is 4.79 Å². The van der Waals surface area contributed by atoms with Gasteiger partial charge in [0.25, 0.3) is 0 Å². The number of ether oxygens (including phenoxy) is 1. The number of aromatic nitrogens is 4.